The largest absolute Gasteiger partial charge is 0.493 e. The van der Waals surface area contributed by atoms with E-state index >= 15 is 0 Å². The van der Waals surface area contributed by atoms with E-state index in [1.807, 2.05) is 30.5 Å². The lowest BCUT2D eigenvalue weighted by molar-refractivity contribution is -0.121. The molecule has 0 radical (unpaired) electrons. The van der Waals surface area contributed by atoms with E-state index in [0.29, 0.717) is 30.4 Å². The molecular formula is C20H29ClN4O3. The Labute approximate surface area is 172 Å². The number of rotatable bonds is 8. The first-order valence-electron chi connectivity index (χ1n) is 9.42. The van der Waals surface area contributed by atoms with Gasteiger partial charge in [0.15, 0.2) is 11.5 Å². The molecule has 1 atom stereocenters. The maximum absolute atomic E-state index is 12.2. The molecule has 0 aliphatic carbocycles. The lowest BCUT2D eigenvalue weighted by Crippen LogP contribution is -2.30. The second kappa shape index (κ2) is 10.9. The highest BCUT2D eigenvalue weighted by Gasteiger charge is 2.18. The molecule has 3 rings (SSSR count). The molecule has 7 nitrogen and oxygen atoms in total. The third-order valence-corrected chi connectivity index (χ3v) is 4.88. The van der Waals surface area contributed by atoms with Crippen LogP contribution >= 0.6 is 12.4 Å². The van der Waals surface area contributed by atoms with E-state index in [2.05, 4.69) is 15.7 Å². The van der Waals surface area contributed by atoms with Crippen molar-refractivity contribution >= 4 is 18.3 Å². The van der Waals surface area contributed by atoms with Gasteiger partial charge in [-0.2, -0.15) is 5.10 Å². The van der Waals surface area contributed by atoms with Crippen LogP contribution in [0, 0.1) is 0 Å². The summed E-state index contributed by atoms with van der Waals surface area (Å²) in [6, 6.07) is 7.78. The van der Waals surface area contributed by atoms with Gasteiger partial charge in [-0.25, -0.2) is 0 Å². The number of aromatic nitrogens is 2. The average molecular weight is 409 g/mol. The number of para-hydroxylation sites is 1. The summed E-state index contributed by atoms with van der Waals surface area (Å²) in [5, 5.41) is 10.9. The SMILES string of the molecule is COc1cccc(CCNC(=O)Cn2ccc(C3CCCNC3)n2)c1OC.Cl. The first-order valence-corrected chi connectivity index (χ1v) is 9.42. The van der Waals surface area contributed by atoms with Crippen molar-refractivity contribution in [2.45, 2.75) is 31.7 Å². The minimum atomic E-state index is -0.0479. The molecule has 1 unspecified atom stereocenters. The lowest BCUT2D eigenvalue weighted by Gasteiger charge is -2.20. The molecule has 1 saturated heterocycles. The Hall–Kier alpha value is -2.25. The zero-order chi connectivity index (χ0) is 19.1. The number of nitrogens with one attached hydrogen (secondary N) is 2. The predicted molar refractivity (Wildman–Crippen MR) is 111 cm³/mol. The summed E-state index contributed by atoms with van der Waals surface area (Å²) in [5.74, 6) is 1.81. The van der Waals surface area contributed by atoms with Gasteiger partial charge in [0.05, 0.1) is 19.9 Å². The van der Waals surface area contributed by atoms with E-state index in [4.69, 9.17) is 9.47 Å². The van der Waals surface area contributed by atoms with Crippen LogP contribution in [0.3, 0.4) is 0 Å². The van der Waals surface area contributed by atoms with Crippen molar-refractivity contribution in [3.63, 3.8) is 0 Å². The molecule has 8 heteroatoms. The summed E-state index contributed by atoms with van der Waals surface area (Å²) < 4.78 is 12.4. The van der Waals surface area contributed by atoms with Crippen LogP contribution in [0.2, 0.25) is 0 Å². The van der Waals surface area contributed by atoms with Gasteiger partial charge in [-0.05, 0) is 43.5 Å². The molecule has 2 N–H and O–H groups in total. The molecule has 0 bridgehead atoms. The average Bonchev–Trinajstić information content (AvgIpc) is 3.16. The van der Waals surface area contributed by atoms with Crippen molar-refractivity contribution in [3.8, 4) is 11.5 Å². The van der Waals surface area contributed by atoms with Crippen LogP contribution in [0.4, 0.5) is 0 Å². The predicted octanol–water partition coefficient (Wildman–Crippen LogP) is 2.15. The molecule has 1 fully saturated rings. The first kappa shape index (κ1) is 22.0. The second-order valence-corrected chi connectivity index (χ2v) is 6.73. The van der Waals surface area contributed by atoms with Crippen molar-refractivity contribution < 1.29 is 14.3 Å². The van der Waals surface area contributed by atoms with Gasteiger partial charge in [-0.3, -0.25) is 9.48 Å². The summed E-state index contributed by atoms with van der Waals surface area (Å²) in [6.07, 6.45) is 4.88. The Bertz CT molecular complexity index is 760. The number of halogens is 1. The first-order chi connectivity index (χ1) is 13.2. The van der Waals surface area contributed by atoms with Crippen molar-refractivity contribution in [2.75, 3.05) is 33.9 Å². The molecule has 28 heavy (non-hydrogen) atoms. The van der Waals surface area contributed by atoms with E-state index in [1.165, 1.54) is 6.42 Å². The van der Waals surface area contributed by atoms with E-state index in [1.54, 1.807) is 18.9 Å². The summed E-state index contributed by atoms with van der Waals surface area (Å²) in [4.78, 5) is 12.2. The summed E-state index contributed by atoms with van der Waals surface area (Å²) >= 11 is 0. The molecule has 1 aromatic carbocycles. The third kappa shape index (κ3) is 5.62. The maximum Gasteiger partial charge on any atom is 0.241 e. The molecule has 1 aliphatic heterocycles. The van der Waals surface area contributed by atoms with Crippen molar-refractivity contribution in [1.29, 1.82) is 0 Å². The molecule has 2 heterocycles. The van der Waals surface area contributed by atoms with Crippen molar-refractivity contribution in [1.82, 2.24) is 20.4 Å². The Kier molecular flexibility index (Phi) is 8.60. The molecule has 2 aromatic rings. The van der Waals surface area contributed by atoms with Gasteiger partial charge in [0.2, 0.25) is 5.91 Å². The van der Waals surface area contributed by atoms with E-state index in [-0.39, 0.29) is 24.9 Å². The Morgan fingerprint density at radius 3 is 2.89 bits per heavy atom. The molecular weight excluding hydrogens is 380 g/mol. The smallest absolute Gasteiger partial charge is 0.241 e. The normalized spacial score (nSPS) is 16.1. The Morgan fingerprint density at radius 2 is 2.18 bits per heavy atom. The van der Waals surface area contributed by atoms with Gasteiger partial charge in [0.1, 0.15) is 6.54 Å². The van der Waals surface area contributed by atoms with E-state index in [0.717, 1.165) is 30.8 Å². The minimum absolute atomic E-state index is 0. The maximum atomic E-state index is 12.2. The van der Waals surface area contributed by atoms with Crippen LogP contribution in [0.15, 0.2) is 30.5 Å². The molecule has 0 spiro atoms. The quantitative estimate of drug-likeness (QED) is 0.699. The minimum Gasteiger partial charge on any atom is -0.493 e. The fourth-order valence-electron chi connectivity index (χ4n) is 3.48. The topological polar surface area (TPSA) is 77.4 Å². The Morgan fingerprint density at radius 1 is 1.32 bits per heavy atom. The number of nitrogens with zero attached hydrogens (tertiary/aromatic N) is 2. The van der Waals surface area contributed by atoms with E-state index in [9.17, 15) is 4.79 Å². The number of piperidine rings is 1. The summed E-state index contributed by atoms with van der Waals surface area (Å²) in [7, 11) is 3.24. The van der Waals surface area contributed by atoms with Crippen LogP contribution in [-0.2, 0) is 17.8 Å². The fourth-order valence-corrected chi connectivity index (χ4v) is 3.48. The van der Waals surface area contributed by atoms with Gasteiger partial charge in [0.25, 0.3) is 0 Å². The van der Waals surface area contributed by atoms with Crippen LogP contribution in [0.25, 0.3) is 0 Å². The third-order valence-electron chi connectivity index (χ3n) is 4.88. The molecule has 1 aliphatic rings. The number of carbonyl (C=O) groups excluding carboxylic acids is 1. The number of benzene rings is 1. The van der Waals surface area contributed by atoms with Gasteiger partial charge < -0.3 is 20.1 Å². The highest BCUT2D eigenvalue weighted by Crippen LogP contribution is 2.30. The number of amides is 1. The highest BCUT2D eigenvalue weighted by atomic mass is 35.5. The van der Waals surface area contributed by atoms with Crippen LogP contribution in [0.1, 0.15) is 30.0 Å². The van der Waals surface area contributed by atoms with Gasteiger partial charge in [0, 0.05) is 25.2 Å². The van der Waals surface area contributed by atoms with Gasteiger partial charge >= 0.3 is 0 Å². The van der Waals surface area contributed by atoms with Crippen molar-refractivity contribution in [3.05, 3.63) is 41.7 Å². The number of hydrogen-bond donors (Lipinski definition) is 2. The molecule has 0 saturated carbocycles. The Balaban J connectivity index is 0.00000280. The molecule has 154 valence electrons. The number of methoxy groups -OCH3 is 2. The van der Waals surface area contributed by atoms with Gasteiger partial charge in [-0.1, -0.05) is 12.1 Å². The zero-order valence-corrected chi connectivity index (χ0v) is 17.3. The van der Waals surface area contributed by atoms with Crippen LogP contribution in [-0.4, -0.2) is 49.5 Å². The monoisotopic (exact) mass is 408 g/mol. The standard InChI is InChI=1S/C20H28N4O3.ClH/c1-26-18-7-3-5-15(20(18)27-2)8-11-22-19(25)14-24-12-9-17(23-24)16-6-4-10-21-13-16;/h3,5,7,9,12,16,21H,4,6,8,10-11,13-14H2,1-2H3,(H,22,25);1H. The zero-order valence-electron chi connectivity index (χ0n) is 16.4. The van der Waals surface area contributed by atoms with Crippen LogP contribution in [0.5, 0.6) is 11.5 Å². The van der Waals surface area contributed by atoms with Gasteiger partial charge in [-0.15, -0.1) is 12.4 Å². The lowest BCUT2D eigenvalue weighted by atomic mass is 9.97. The second-order valence-electron chi connectivity index (χ2n) is 6.73. The van der Waals surface area contributed by atoms with Crippen molar-refractivity contribution in [2.24, 2.45) is 0 Å². The van der Waals surface area contributed by atoms with E-state index < -0.39 is 0 Å². The summed E-state index contributed by atoms with van der Waals surface area (Å²) in [6.45, 7) is 2.81. The number of ether oxygens (including phenoxy) is 2. The summed E-state index contributed by atoms with van der Waals surface area (Å²) in [5.41, 5.74) is 2.07. The highest BCUT2D eigenvalue weighted by molar-refractivity contribution is 5.85. The fraction of sp³-hybridized carbons (Fsp3) is 0.500. The number of hydrogen-bond acceptors (Lipinski definition) is 5. The number of carbonyl (C=O) groups is 1. The molecule has 1 aromatic heterocycles. The van der Waals surface area contributed by atoms with Crippen LogP contribution < -0.4 is 20.1 Å². The molecule has 1 amide bonds.